The highest BCUT2D eigenvalue weighted by molar-refractivity contribution is 5.83. The fourth-order valence-corrected chi connectivity index (χ4v) is 3.86. The number of carbonyl (C=O) groups is 1. The van der Waals surface area contributed by atoms with Gasteiger partial charge in [-0.2, -0.15) is 0 Å². The first-order valence-electron chi connectivity index (χ1n) is 7.68. The van der Waals surface area contributed by atoms with E-state index in [0.717, 1.165) is 24.8 Å². The summed E-state index contributed by atoms with van der Waals surface area (Å²) < 4.78 is 5.98. The highest BCUT2D eigenvalue weighted by atomic mass is 16.5. The van der Waals surface area contributed by atoms with E-state index in [0.29, 0.717) is 13.0 Å². The van der Waals surface area contributed by atoms with Gasteiger partial charge in [-0.15, -0.1) is 0 Å². The van der Waals surface area contributed by atoms with Crippen molar-refractivity contribution in [1.82, 2.24) is 9.88 Å². The van der Waals surface area contributed by atoms with Gasteiger partial charge in [-0.3, -0.25) is 4.79 Å². The predicted octanol–water partition coefficient (Wildman–Crippen LogP) is 2.84. The summed E-state index contributed by atoms with van der Waals surface area (Å²) in [5.41, 5.74) is 2.03. The molecule has 110 valence electrons. The number of fused-ring (bicyclic) bond motifs is 2. The van der Waals surface area contributed by atoms with Gasteiger partial charge in [0.25, 0.3) is 0 Å². The minimum Gasteiger partial charge on any atom is -0.361 e. The summed E-state index contributed by atoms with van der Waals surface area (Å²) in [6.45, 7) is 2.70. The quantitative estimate of drug-likeness (QED) is 0.921. The molecular formula is C17H20N2O2. The minimum absolute atomic E-state index is 0.155. The number of nitrogens with zero attached hydrogens (tertiary/aromatic N) is 1. The average molecular weight is 284 g/mol. The van der Waals surface area contributed by atoms with Crippen LogP contribution in [-0.4, -0.2) is 34.2 Å². The van der Waals surface area contributed by atoms with E-state index in [1.165, 1.54) is 10.9 Å². The first kappa shape index (κ1) is 12.9. The Bertz CT molecular complexity index is 693. The minimum atomic E-state index is -0.383. The Balaban J connectivity index is 1.64. The zero-order valence-corrected chi connectivity index (χ0v) is 12.3. The van der Waals surface area contributed by atoms with Crippen molar-refractivity contribution in [2.45, 2.75) is 44.4 Å². The van der Waals surface area contributed by atoms with Gasteiger partial charge in [-0.25, -0.2) is 0 Å². The molecule has 2 fully saturated rings. The summed E-state index contributed by atoms with van der Waals surface area (Å²) in [4.78, 5) is 17.6. The molecule has 2 saturated heterocycles. The summed E-state index contributed by atoms with van der Waals surface area (Å²) in [6, 6.07) is 8.46. The molecule has 4 heteroatoms. The number of H-pyrrole nitrogens is 1. The van der Waals surface area contributed by atoms with Crippen LogP contribution in [0.25, 0.3) is 10.9 Å². The zero-order chi connectivity index (χ0) is 14.4. The fraction of sp³-hybridized carbons (Fsp3) is 0.471. The third-order valence-corrected chi connectivity index (χ3v) is 4.89. The predicted molar refractivity (Wildman–Crippen MR) is 80.8 cm³/mol. The number of aromatic amines is 1. The standard InChI is InChI=1S/C17H20N2O2/c1-17-8-4-7-16(20)19(17)13(11-21-17)9-12-10-18-15-6-3-2-5-14(12)15/h2-3,5-6,10,13,18H,4,7-9,11H2,1H3/t13-,17+/m0/s1. The Morgan fingerprint density at radius 1 is 1.43 bits per heavy atom. The highest BCUT2D eigenvalue weighted by Crippen LogP contribution is 2.38. The molecular weight excluding hydrogens is 264 g/mol. The summed E-state index contributed by atoms with van der Waals surface area (Å²) in [6.07, 6.45) is 5.46. The van der Waals surface area contributed by atoms with Crippen LogP contribution in [0.3, 0.4) is 0 Å². The van der Waals surface area contributed by atoms with Crippen molar-refractivity contribution in [3.63, 3.8) is 0 Å². The van der Waals surface area contributed by atoms with E-state index in [1.807, 2.05) is 11.0 Å². The van der Waals surface area contributed by atoms with E-state index in [9.17, 15) is 4.79 Å². The number of para-hydroxylation sites is 1. The van der Waals surface area contributed by atoms with Crippen molar-refractivity contribution in [2.75, 3.05) is 6.61 Å². The molecule has 1 N–H and O–H groups in total. The molecule has 2 aliphatic rings. The van der Waals surface area contributed by atoms with Crippen LogP contribution < -0.4 is 0 Å². The van der Waals surface area contributed by atoms with Crippen molar-refractivity contribution >= 4 is 16.8 Å². The normalized spacial score (nSPS) is 29.1. The van der Waals surface area contributed by atoms with Crippen LogP contribution >= 0.6 is 0 Å². The van der Waals surface area contributed by atoms with Crippen molar-refractivity contribution in [2.24, 2.45) is 0 Å². The van der Waals surface area contributed by atoms with Gasteiger partial charge in [-0.1, -0.05) is 18.2 Å². The molecule has 4 nitrogen and oxygen atoms in total. The Labute approximate surface area is 124 Å². The van der Waals surface area contributed by atoms with E-state index in [4.69, 9.17) is 4.74 Å². The SMILES string of the molecule is C[C@@]12CCCC(=O)N1[C@@H](Cc1c[nH]c3ccccc13)CO2. The second-order valence-electron chi connectivity index (χ2n) is 6.32. The third-order valence-electron chi connectivity index (χ3n) is 4.89. The molecule has 21 heavy (non-hydrogen) atoms. The lowest BCUT2D eigenvalue weighted by Crippen LogP contribution is -2.52. The Morgan fingerprint density at radius 2 is 2.29 bits per heavy atom. The van der Waals surface area contributed by atoms with Crippen LogP contribution in [-0.2, 0) is 16.0 Å². The molecule has 0 aliphatic carbocycles. The van der Waals surface area contributed by atoms with Gasteiger partial charge >= 0.3 is 0 Å². The van der Waals surface area contributed by atoms with Crippen molar-refractivity contribution < 1.29 is 9.53 Å². The van der Waals surface area contributed by atoms with Crippen LogP contribution in [0.15, 0.2) is 30.5 Å². The smallest absolute Gasteiger partial charge is 0.225 e. The second kappa shape index (κ2) is 4.60. The average Bonchev–Trinajstić information content (AvgIpc) is 3.02. The summed E-state index contributed by atoms with van der Waals surface area (Å²) in [5, 5.41) is 1.25. The van der Waals surface area contributed by atoms with E-state index >= 15 is 0 Å². The molecule has 4 rings (SSSR count). The lowest BCUT2D eigenvalue weighted by molar-refractivity contribution is -0.156. The van der Waals surface area contributed by atoms with Gasteiger partial charge in [0, 0.05) is 23.5 Å². The summed E-state index contributed by atoms with van der Waals surface area (Å²) in [5.74, 6) is 0.242. The molecule has 3 heterocycles. The second-order valence-corrected chi connectivity index (χ2v) is 6.32. The van der Waals surface area contributed by atoms with Gasteiger partial charge in [0.2, 0.25) is 5.91 Å². The van der Waals surface area contributed by atoms with Crippen molar-refractivity contribution in [3.05, 3.63) is 36.0 Å². The number of nitrogens with one attached hydrogen (secondary N) is 1. The van der Waals surface area contributed by atoms with Gasteiger partial charge < -0.3 is 14.6 Å². The molecule has 0 spiro atoms. The summed E-state index contributed by atoms with van der Waals surface area (Å²) in [7, 11) is 0. The fourth-order valence-electron chi connectivity index (χ4n) is 3.86. The molecule has 2 atom stereocenters. The lowest BCUT2D eigenvalue weighted by Gasteiger charge is -2.40. The number of carbonyl (C=O) groups excluding carboxylic acids is 1. The maximum atomic E-state index is 12.3. The largest absolute Gasteiger partial charge is 0.361 e. The number of hydrogen-bond donors (Lipinski definition) is 1. The maximum Gasteiger partial charge on any atom is 0.225 e. The van der Waals surface area contributed by atoms with Crippen LogP contribution in [0.1, 0.15) is 31.7 Å². The Hall–Kier alpha value is -1.81. The molecule has 1 aromatic heterocycles. The monoisotopic (exact) mass is 284 g/mol. The zero-order valence-electron chi connectivity index (χ0n) is 12.3. The first-order valence-corrected chi connectivity index (χ1v) is 7.68. The van der Waals surface area contributed by atoms with Gasteiger partial charge in [0.1, 0.15) is 5.72 Å². The molecule has 1 amide bonds. The number of piperidine rings is 1. The molecule has 0 radical (unpaired) electrons. The topological polar surface area (TPSA) is 45.3 Å². The van der Waals surface area contributed by atoms with Crippen LogP contribution in [0, 0.1) is 0 Å². The van der Waals surface area contributed by atoms with Gasteiger partial charge in [0.15, 0.2) is 0 Å². The van der Waals surface area contributed by atoms with E-state index in [1.54, 1.807) is 0 Å². The first-order chi connectivity index (χ1) is 10.2. The van der Waals surface area contributed by atoms with Crippen LogP contribution in [0.5, 0.6) is 0 Å². The molecule has 1 aromatic carbocycles. The number of benzene rings is 1. The molecule has 0 bridgehead atoms. The number of hydrogen-bond acceptors (Lipinski definition) is 2. The highest BCUT2D eigenvalue weighted by Gasteiger charge is 2.48. The van der Waals surface area contributed by atoms with Crippen LogP contribution in [0.2, 0.25) is 0 Å². The van der Waals surface area contributed by atoms with E-state index in [2.05, 4.69) is 36.3 Å². The molecule has 2 aromatic rings. The van der Waals surface area contributed by atoms with Crippen molar-refractivity contribution in [1.29, 1.82) is 0 Å². The molecule has 2 aliphatic heterocycles. The number of amides is 1. The van der Waals surface area contributed by atoms with E-state index < -0.39 is 0 Å². The number of aromatic nitrogens is 1. The summed E-state index contributed by atoms with van der Waals surface area (Å²) >= 11 is 0. The van der Waals surface area contributed by atoms with E-state index in [-0.39, 0.29) is 17.7 Å². The molecule has 0 saturated carbocycles. The van der Waals surface area contributed by atoms with Crippen molar-refractivity contribution in [3.8, 4) is 0 Å². The number of ether oxygens (including phenoxy) is 1. The molecule has 0 unspecified atom stereocenters. The number of rotatable bonds is 2. The Morgan fingerprint density at radius 3 is 3.19 bits per heavy atom. The van der Waals surface area contributed by atoms with Gasteiger partial charge in [-0.05, 0) is 37.8 Å². The maximum absolute atomic E-state index is 12.3. The lowest BCUT2D eigenvalue weighted by atomic mass is 9.96. The van der Waals surface area contributed by atoms with Crippen LogP contribution in [0.4, 0.5) is 0 Å². The van der Waals surface area contributed by atoms with Gasteiger partial charge in [0.05, 0.1) is 12.6 Å². The third kappa shape index (κ3) is 1.97. The Kier molecular flexibility index (Phi) is 2.82.